The number of ether oxygens (including phenoxy) is 1. The molecule has 1 aliphatic rings. The molecule has 1 aromatic rings. The Balaban J connectivity index is 0.000000659. The van der Waals surface area contributed by atoms with Crippen molar-refractivity contribution in [2.45, 2.75) is 39.0 Å². The van der Waals surface area contributed by atoms with Crippen LogP contribution in [0.4, 0.5) is 0 Å². The van der Waals surface area contributed by atoms with E-state index in [-0.39, 0.29) is 24.4 Å². The zero-order chi connectivity index (χ0) is 14.0. The maximum Gasteiger partial charge on any atom is 0.181 e. The first kappa shape index (κ1) is 16.8. The molecule has 1 aliphatic heterocycles. The van der Waals surface area contributed by atoms with Crippen molar-refractivity contribution in [3.05, 3.63) is 34.7 Å². The molecule has 0 aliphatic carbocycles. The molecule has 5 heteroatoms. The molecule has 0 aromatic carbocycles. The number of pyridine rings is 1. The minimum absolute atomic E-state index is 0.00189. The van der Waals surface area contributed by atoms with Gasteiger partial charge in [0.15, 0.2) is 5.43 Å². The minimum atomic E-state index is -0.0561. The number of nitrogens with zero attached hydrogens (tertiary/aromatic N) is 1. The largest absolute Gasteiger partial charge is 0.400 e. The van der Waals surface area contributed by atoms with Crippen LogP contribution in [0.2, 0.25) is 0 Å². The van der Waals surface area contributed by atoms with Crippen molar-refractivity contribution < 1.29 is 14.9 Å². The topological polar surface area (TPSA) is 71.7 Å². The summed E-state index contributed by atoms with van der Waals surface area (Å²) in [6, 6.07) is 3.02. The summed E-state index contributed by atoms with van der Waals surface area (Å²) in [4.78, 5) is 10.9. The van der Waals surface area contributed by atoms with Gasteiger partial charge in [-0.05, 0) is 12.8 Å². The van der Waals surface area contributed by atoms with E-state index in [2.05, 4.69) is 0 Å². The Hall–Kier alpha value is -1.17. The first-order chi connectivity index (χ1) is 8.79. The third kappa shape index (κ3) is 5.00. The van der Waals surface area contributed by atoms with Crippen molar-refractivity contribution in [1.82, 2.24) is 4.57 Å². The third-order valence-corrected chi connectivity index (χ3v) is 2.44. The van der Waals surface area contributed by atoms with Crippen LogP contribution >= 0.6 is 0 Å². The van der Waals surface area contributed by atoms with Gasteiger partial charge in [-0.25, -0.2) is 0 Å². The van der Waals surface area contributed by atoms with E-state index in [1.54, 1.807) is 12.4 Å². The average Bonchev–Trinajstić information content (AvgIpc) is 2.93. The van der Waals surface area contributed by atoms with E-state index in [1.165, 1.54) is 12.1 Å². The predicted molar refractivity (Wildman–Crippen MR) is 70.4 cm³/mol. The molecular formula is C13H23NO4. The summed E-state index contributed by atoms with van der Waals surface area (Å²) in [7, 11) is 1.00. The van der Waals surface area contributed by atoms with Gasteiger partial charge in [0.25, 0.3) is 0 Å². The van der Waals surface area contributed by atoms with Crippen LogP contribution in [-0.2, 0) is 4.74 Å². The van der Waals surface area contributed by atoms with E-state index >= 15 is 0 Å². The number of hydrogen-bond donors (Lipinski definition) is 2. The molecule has 0 amide bonds. The molecule has 1 fully saturated rings. The van der Waals surface area contributed by atoms with Crippen molar-refractivity contribution in [2.24, 2.45) is 0 Å². The summed E-state index contributed by atoms with van der Waals surface area (Å²) >= 11 is 0. The second-order valence-electron chi connectivity index (χ2n) is 3.45. The smallest absolute Gasteiger partial charge is 0.181 e. The Bertz CT molecular complexity index is 344. The maximum absolute atomic E-state index is 10.9. The molecular weight excluding hydrogens is 234 g/mol. The van der Waals surface area contributed by atoms with Gasteiger partial charge in [0.1, 0.15) is 6.23 Å². The zero-order valence-electron chi connectivity index (χ0n) is 11.2. The van der Waals surface area contributed by atoms with Crippen LogP contribution in [0.1, 0.15) is 32.9 Å². The monoisotopic (exact) mass is 257 g/mol. The van der Waals surface area contributed by atoms with E-state index in [4.69, 9.17) is 14.9 Å². The molecule has 0 bridgehead atoms. The molecule has 0 radical (unpaired) electrons. The van der Waals surface area contributed by atoms with Gasteiger partial charge in [0.2, 0.25) is 0 Å². The van der Waals surface area contributed by atoms with E-state index < -0.39 is 0 Å². The molecule has 2 unspecified atom stereocenters. The van der Waals surface area contributed by atoms with Gasteiger partial charge >= 0.3 is 0 Å². The fraction of sp³-hybridized carbons (Fsp3) is 0.615. The highest BCUT2D eigenvalue weighted by molar-refractivity contribution is 4.95. The SMILES string of the molecule is CC.CO.O=c1ccn(C2CCC(CO)O2)cc1. The molecule has 0 saturated carbocycles. The molecule has 5 nitrogen and oxygen atoms in total. The fourth-order valence-electron chi connectivity index (χ4n) is 1.66. The first-order valence-corrected chi connectivity index (χ1v) is 6.18. The summed E-state index contributed by atoms with van der Waals surface area (Å²) in [6.45, 7) is 4.07. The van der Waals surface area contributed by atoms with E-state index in [0.29, 0.717) is 0 Å². The molecule has 1 aromatic heterocycles. The van der Waals surface area contributed by atoms with Crippen LogP contribution in [0.5, 0.6) is 0 Å². The second-order valence-corrected chi connectivity index (χ2v) is 3.45. The van der Waals surface area contributed by atoms with Gasteiger partial charge in [-0.2, -0.15) is 0 Å². The molecule has 0 spiro atoms. The number of rotatable bonds is 2. The van der Waals surface area contributed by atoms with Gasteiger partial charge in [-0.15, -0.1) is 0 Å². The van der Waals surface area contributed by atoms with Crippen molar-refractivity contribution in [2.75, 3.05) is 13.7 Å². The van der Waals surface area contributed by atoms with Crippen LogP contribution in [0.3, 0.4) is 0 Å². The number of hydrogen-bond acceptors (Lipinski definition) is 4. The minimum Gasteiger partial charge on any atom is -0.400 e. The summed E-state index contributed by atoms with van der Waals surface area (Å²) in [5.74, 6) is 0. The van der Waals surface area contributed by atoms with E-state index in [9.17, 15) is 4.79 Å². The highest BCUT2D eigenvalue weighted by Gasteiger charge is 2.24. The highest BCUT2D eigenvalue weighted by Crippen LogP contribution is 2.27. The Kier molecular flexibility index (Phi) is 9.18. The van der Waals surface area contributed by atoms with Crippen molar-refractivity contribution in [3.63, 3.8) is 0 Å². The Morgan fingerprint density at radius 3 is 2.28 bits per heavy atom. The Morgan fingerprint density at radius 2 is 1.83 bits per heavy atom. The fourth-order valence-corrected chi connectivity index (χ4v) is 1.66. The van der Waals surface area contributed by atoms with Gasteiger partial charge < -0.3 is 19.5 Å². The normalized spacial score (nSPS) is 21.4. The summed E-state index contributed by atoms with van der Waals surface area (Å²) < 4.78 is 7.41. The first-order valence-electron chi connectivity index (χ1n) is 6.18. The molecule has 18 heavy (non-hydrogen) atoms. The van der Waals surface area contributed by atoms with Crippen LogP contribution in [0.15, 0.2) is 29.3 Å². The number of aliphatic hydroxyl groups is 2. The van der Waals surface area contributed by atoms with Crippen LogP contribution in [0, 0.1) is 0 Å². The lowest BCUT2D eigenvalue weighted by Crippen LogP contribution is -2.15. The maximum atomic E-state index is 10.9. The Morgan fingerprint density at radius 1 is 1.28 bits per heavy atom. The molecule has 2 N–H and O–H groups in total. The second kappa shape index (κ2) is 9.82. The van der Waals surface area contributed by atoms with E-state index in [0.717, 1.165) is 20.0 Å². The van der Waals surface area contributed by atoms with Crippen molar-refractivity contribution >= 4 is 0 Å². The van der Waals surface area contributed by atoms with E-state index in [1.807, 2.05) is 18.4 Å². The lowest BCUT2D eigenvalue weighted by molar-refractivity contribution is -0.0226. The van der Waals surface area contributed by atoms with Crippen molar-refractivity contribution in [1.29, 1.82) is 0 Å². The average molecular weight is 257 g/mol. The van der Waals surface area contributed by atoms with Gasteiger partial charge in [0, 0.05) is 31.6 Å². The number of aromatic nitrogens is 1. The van der Waals surface area contributed by atoms with Crippen LogP contribution in [-0.4, -0.2) is 34.6 Å². The number of aliphatic hydroxyl groups excluding tert-OH is 2. The molecule has 2 atom stereocenters. The summed E-state index contributed by atoms with van der Waals surface area (Å²) in [5, 5.41) is 15.9. The molecule has 2 rings (SSSR count). The highest BCUT2D eigenvalue weighted by atomic mass is 16.5. The quantitative estimate of drug-likeness (QED) is 0.833. The summed E-state index contributed by atoms with van der Waals surface area (Å²) in [6.07, 6.45) is 5.09. The third-order valence-electron chi connectivity index (χ3n) is 2.44. The molecule has 2 heterocycles. The molecule has 104 valence electrons. The summed E-state index contributed by atoms with van der Waals surface area (Å²) in [5.41, 5.74) is -0.00189. The van der Waals surface area contributed by atoms with Crippen LogP contribution < -0.4 is 5.43 Å². The van der Waals surface area contributed by atoms with Gasteiger partial charge in [-0.3, -0.25) is 4.79 Å². The standard InChI is InChI=1S/C10H13NO3.C2H6.CH4O/c12-7-9-1-2-10(14-9)11-5-3-8(13)4-6-11;2*1-2/h3-6,9-10,12H,1-2,7H2;1-2H3;2H,1H3. The van der Waals surface area contributed by atoms with Crippen LogP contribution in [0.25, 0.3) is 0 Å². The lowest BCUT2D eigenvalue weighted by Gasteiger charge is -2.15. The lowest BCUT2D eigenvalue weighted by atomic mass is 10.2. The molecule has 1 saturated heterocycles. The van der Waals surface area contributed by atoms with Crippen molar-refractivity contribution in [3.8, 4) is 0 Å². The predicted octanol–water partition coefficient (Wildman–Crippen LogP) is 1.15. The Labute approximate surface area is 108 Å². The zero-order valence-corrected chi connectivity index (χ0v) is 11.2. The van der Waals surface area contributed by atoms with Gasteiger partial charge in [-0.1, -0.05) is 13.8 Å². The van der Waals surface area contributed by atoms with Gasteiger partial charge in [0.05, 0.1) is 12.7 Å².